The third kappa shape index (κ3) is 4.92. The molecule has 28 heavy (non-hydrogen) atoms. The van der Waals surface area contributed by atoms with E-state index in [9.17, 15) is 9.90 Å². The first-order valence-corrected chi connectivity index (χ1v) is 8.81. The second-order valence-corrected chi connectivity index (χ2v) is 6.51. The Morgan fingerprint density at radius 2 is 2.04 bits per heavy atom. The molecule has 0 spiro atoms. The maximum Gasteiger partial charge on any atom is 0.414 e. The van der Waals surface area contributed by atoms with Crippen molar-refractivity contribution in [3.8, 4) is 11.8 Å². The van der Waals surface area contributed by atoms with Crippen LogP contribution in [0.3, 0.4) is 0 Å². The van der Waals surface area contributed by atoms with Crippen LogP contribution in [0.5, 0.6) is 11.8 Å². The van der Waals surface area contributed by atoms with Crippen molar-refractivity contribution in [3.05, 3.63) is 64.4 Å². The zero-order valence-corrected chi connectivity index (χ0v) is 16.0. The molecule has 0 bridgehead atoms. The van der Waals surface area contributed by atoms with Crippen LogP contribution in [-0.4, -0.2) is 28.4 Å². The highest BCUT2D eigenvalue weighted by molar-refractivity contribution is 6.31. The number of hydrogen-bond acceptors (Lipinski definition) is 6. The zero-order valence-electron chi connectivity index (χ0n) is 15.3. The molecule has 1 atom stereocenters. The molecule has 0 aliphatic heterocycles. The number of nitrogens with zero attached hydrogens (tertiary/aromatic N) is 2. The maximum absolute atomic E-state index is 12.5. The highest BCUT2D eigenvalue weighted by atomic mass is 35.5. The van der Waals surface area contributed by atoms with E-state index in [2.05, 4.69) is 25.3 Å². The molecule has 1 unspecified atom stereocenters. The molecule has 3 rings (SSSR count). The van der Waals surface area contributed by atoms with Crippen LogP contribution in [0.2, 0.25) is 5.02 Å². The van der Waals surface area contributed by atoms with Crippen LogP contribution >= 0.6 is 11.6 Å². The fraction of sp³-hybridized carbons (Fsp3) is 0.211. The van der Waals surface area contributed by atoms with Gasteiger partial charge in [-0.2, -0.15) is 4.98 Å². The summed E-state index contributed by atoms with van der Waals surface area (Å²) in [7, 11) is 1.59. The number of nitrogens with one attached hydrogen (secondary N) is 2. The minimum Gasteiger partial charge on any atom is -0.497 e. The largest absolute Gasteiger partial charge is 0.497 e. The molecule has 1 aromatic heterocycles. The first-order valence-electron chi connectivity index (χ1n) is 8.44. The lowest BCUT2D eigenvalue weighted by Gasteiger charge is -2.16. The van der Waals surface area contributed by atoms with Crippen molar-refractivity contribution in [2.24, 2.45) is 0 Å². The molecule has 0 aliphatic carbocycles. The number of halogens is 1. The second-order valence-electron chi connectivity index (χ2n) is 6.10. The number of benzene rings is 2. The molecular weight excluding hydrogens is 384 g/mol. The minimum absolute atomic E-state index is 0.163. The molecule has 2 aromatic carbocycles. The van der Waals surface area contributed by atoms with Gasteiger partial charge in [-0.25, -0.2) is 4.79 Å². The molecule has 0 fully saturated rings. The standard InChI is InChI=1S/C19H19ClN4O4/c1-11-9-13(5-8-15(11)20)21-18(25)22-16(17-23-19(26)28-24-17)10-12-3-6-14(27-2)7-4-12/h3-9,16H,10H2,1-2H3,(H2,21,22,25)(H,23,24,26). The van der Waals surface area contributed by atoms with Gasteiger partial charge in [-0.1, -0.05) is 28.9 Å². The van der Waals surface area contributed by atoms with E-state index >= 15 is 0 Å². The molecule has 1 heterocycles. The SMILES string of the molecule is COc1ccc(CC(NC(=O)Nc2ccc(Cl)c(C)c2)c2noc(O)n2)cc1. The average molecular weight is 403 g/mol. The fourth-order valence-corrected chi connectivity index (χ4v) is 2.74. The Morgan fingerprint density at radius 1 is 1.29 bits per heavy atom. The second kappa shape index (κ2) is 8.62. The van der Waals surface area contributed by atoms with Gasteiger partial charge in [0.2, 0.25) is 0 Å². The Morgan fingerprint density at radius 3 is 2.64 bits per heavy atom. The molecule has 3 aromatic rings. The highest BCUT2D eigenvalue weighted by Gasteiger charge is 2.21. The van der Waals surface area contributed by atoms with Gasteiger partial charge in [-0.15, -0.1) is 0 Å². The van der Waals surface area contributed by atoms with Gasteiger partial charge in [0.25, 0.3) is 0 Å². The number of carbonyl (C=O) groups is 1. The van der Waals surface area contributed by atoms with E-state index in [-0.39, 0.29) is 5.82 Å². The summed E-state index contributed by atoms with van der Waals surface area (Å²) in [6.07, 6.45) is -0.180. The van der Waals surface area contributed by atoms with Crippen molar-refractivity contribution >= 4 is 23.3 Å². The van der Waals surface area contributed by atoms with E-state index < -0.39 is 18.1 Å². The van der Waals surface area contributed by atoms with Gasteiger partial charge >= 0.3 is 12.1 Å². The summed E-state index contributed by atoms with van der Waals surface area (Å²) in [4.78, 5) is 16.3. The molecule has 8 nitrogen and oxygen atoms in total. The molecule has 3 N–H and O–H groups in total. The number of aromatic hydroxyl groups is 1. The van der Waals surface area contributed by atoms with E-state index in [1.165, 1.54) is 0 Å². The quantitative estimate of drug-likeness (QED) is 0.577. The number of ether oxygens (including phenoxy) is 1. The lowest BCUT2D eigenvalue weighted by Crippen LogP contribution is -2.34. The molecule has 2 amide bonds. The van der Waals surface area contributed by atoms with Gasteiger partial charge in [-0.3, -0.25) is 4.52 Å². The molecule has 146 valence electrons. The molecule has 0 aliphatic rings. The Balaban J connectivity index is 1.74. The Hall–Kier alpha value is -3.26. The summed E-state index contributed by atoms with van der Waals surface area (Å²) in [5, 5.41) is 19.2. The normalized spacial score (nSPS) is 11.7. The number of methoxy groups -OCH3 is 1. The van der Waals surface area contributed by atoms with Gasteiger partial charge in [-0.05, 0) is 48.4 Å². The fourth-order valence-electron chi connectivity index (χ4n) is 2.62. The summed E-state index contributed by atoms with van der Waals surface area (Å²) in [5.74, 6) is 0.886. The van der Waals surface area contributed by atoms with Crippen LogP contribution < -0.4 is 15.4 Å². The number of carbonyl (C=O) groups excluding carboxylic acids is 1. The van der Waals surface area contributed by atoms with Crippen molar-refractivity contribution in [1.29, 1.82) is 0 Å². The van der Waals surface area contributed by atoms with E-state index in [0.717, 1.165) is 16.9 Å². The molecule has 9 heteroatoms. The van der Waals surface area contributed by atoms with Crippen molar-refractivity contribution in [1.82, 2.24) is 15.5 Å². The molecule has 0 saturated heterocycles. The van der Waals surface area contributed by atoms with Gasteiger partial charge < -0.3 is 20.5 Å². The van der Waals surface area contributed by atoms with Gasteiger partial charge in [0.15, 0.2) is 5.82 Å². The van der Waals surface area contributed by atoms with Crippen LogP contribution in [0.15, 0.2) is 47.0 Å². The predicted molar refractivity (Wildman–Crippen MR) is 104 cm³/mol. The molecule has 0 radical (unpaired) electrons. The van der Waals surface area contributed by atoms with E-state index in [1.807, 2.05) is 31.2 Å². The van der Waals surface area contributed by atoms with E-state index in [1.54, 1.807) is 25.3 Å². The number of amides is 2. The number of rotatable bonds is 6. The average Bonchev–Trinajstić information content (AvgIpc) is 3.11. The van der Waals surface area contributed by atoms with Gasteiger partial charge in [0.05, 0.1) is 13.2 Å². The van der Waals surface area contributed by atoms with E-state index in [0.29, 0.717) is 17.1 Å². The first kappa shape index (κ1) is 19.5. The number of aromatic nitrogens is 2. The van der Waals surface area contributed by atoms with Crippen LogP contribution in [0.1, 0.15) is 23.0 Å². The zero-order chi connectivity index (χ0) is 20.1. The van der Waals surface area contributed by atoms with Gasteiger partial charge in [0.1, 0.15) is 5.75 Å². The monoisotopic (exact) mass is 402 g/mol. The Kier molecular flexibility index (Phi) is 6.00. The van der Waals surface area contributed by atoms with Crippen LogP contribution in [0.25, 0.3) is 0 Å². The highest BCUT2D eigenvalue weighted by Crippen LogP contribution is 2.22. The van der Waals surface area contributed by atoms with Gasteiger partial charge in [0, 0.05) is 17.1 Å². The van der Waals surface area contributed by atoms with Crippen LogP contribution in [0.4, 0.5) is 10.5 Å². The smallest absolute Gasteiger partial charge is 0.414 e. The third-order valence-corrected chi connectivity index (χ3v) is 4.49. The lowest BCUT2D eigenvalue weighted by molar-refractivity contribution is 0.247. The number of hydrogen-bond donors (Lipinski definition) is 3. The summed E-state index contributed by atoms with van der Waals surface area (Å²) in [5.41, 5.74) is 2.36. The molecule has 0 saturated carbocycles. The molecular formula is C19H19ClN4O4. The van der Waals surface area contributed by atoms with Crippen molar-refractivity contribution in [3.63, 3.8) is 0 Å². The van der Waals surface area contributed by atoms with Crippen molar-refractivity contribution in [2.45, 2.75) is 19.4 Å². The maximum atomic E-state index is 12.5. The Labute approximate surface area is 166 Å². The van der Waals surface area contributed by atoms with Crippen molar-refractivity contribution in [2.75, 3.05) is 12.4 Å². The summed E-state index contributed by atoms with van der Waals surface area (Å²) >= 11 is 6.01. The lowest BCUT2D eigenvalue weighted by atomic mass is 10.1. The van der Waals surface area contributed by atoms with Crippen LogP contribution in [0, 0.1) is 6.92 Å². The summed E-state index contributed by atoms with van der Waals surface area (Å²) in [6.45, 7) is 1.85. The van der Waals surface area contributed by atoms with E-state index in [4.69, 9.17) is 16.3 Å². The predicted octanol–water partition coefficient (Wildman–Crippen LogP) is 3.85. The van der Waals surface area contributed by atoms with Crippen LogP contribution in [-0.2, 0) is 6.42 Å². The minimum atomic E-state index is -0.619. The Bertz CT molecular complexity index is 959. The number of urea groups is 1. The van der Waals surface area contributed by atoms with Crippen molar-refractivity contribution < 1.29 is 19.2 Å². The summed E-state index contributed by atoms with van der Waals surface area (Å²) in [6, 6.07) is 11.5. The third-order valence-electron chi connectivity index (χ3n) is 4.06. The number of aryl methyl sites for hydroxylation is 1. The topological polar surface area (TPSA) is 110 Å². The summed E-state index contributed by atoms with van der Waals surface area (Å²) < 4.78 is 9.79. The number of anilines is 1. The first-order chi connectivity index (χ1) is 13.4.